The van der Waals surface area contributed by atoms with Crippen LogP contribution >= 0.6 is 23.2 Å². The zero-order valence-corrected chi connectivity index (χ0v) is 18.0. The van der Waals surface area contributed by atoms with Gasteiger partial charge in [-0.05, 0) is 82.0 Å². The van der Waals surface area contributed by atoms with Crippen LogP contribution in [0.15, 0.2) is 48.5 Å². The molecule has 2 aromatic carbocycles. The first-order valence-corrected chi connectivity index (χ1v) is 10.1. The van der Waals surface area contributed by atoms with Gasteiger partial charge >= 0.3 is 0 Å². The van der Waals surface area contributed by atoms with Crippen molar-refractivity contribution in [1.29, 1.82) is 0 Å². The van der Waals surface area contributed by atoms with Crippen LogP contribution in [-0.2, 0) is 11.2 Å². The fourth-order valence-electron chi connectivity index (χ4n) is 2.74. The number of rotatable bonds is 6. The highest BCUT2D eigenvalue weighted by molar-refractivity contribution is 6.30. The van der Waals surface area contributed by atoms with Crippen LogP contribution in [-0.4, -0.2) is 22.4 Å². The molecule has 0 saturated heterocycles. The number of carbonyl (C=O) groups is 2. The average molecular weight is 421 g/mol. The first kappa shape index (κ1) is 22.3. The SMILES string of the molecule is CC(C)(C)N(NC(=O)c1ccc(Cl)cc1)C(=O)CCCCc1ccc(Cl)cc1. The fourth-order valence-corrected chi connectivity index (χ4v) is 2.99. The maximum absolute atomic E-state index is 12.7. The van der Waals surface area contributed by atoms with Crippen molar-refractivity contribution in [3.63, 3.8) is 0 Å². The van der Waals surface area contributed by atoms with E-state index in [4.69, 9.17) is 23.2 Å². The molecule has 0 spiro atoms. The van der Waals surface area contributed by atoms with Crippen molar-refractivity contribution in [2.45, 2.75) is 52.0 Å². The van der Waals surface area contributed by atoms with Crippen LogP contribution in [0.2, 0.25) is 10.0 Å². The Morgan fingerprint density at radius 1 is 0.893 bits per heavy atom. The van der Waals surface area contributed by atoms with Gasteiger partial charge in [0.05, 0.1) is 5.54 Å². The third kappa shape index (κ3) is 6.84. The molecule has 0 unspecified atom stereocenters. The van der Waals surface area contributed by atoms with E-state index in [1.54, 1.807) is 24.3 Å². The smallest absolute Gasteiger partial charge is 0.269 e. The number of carbonyl (C=O) groups excluding carboxylic acids is 2. The molecule has 0 atom stereocenters. The van der Waals surface area contributed by atoms with Gasteiger partial charge < -0.3 is 0 Å². The van der Waals surface area contributed by atoms with Crippen molar-refractivity contribution < 1.29 is 9.59 Å². The summed E-state index contributed by atoms with van der Waals surface area (Å²) in [5.41, 5.74) is 3.86. The number of nitrogens with zero attached hydrogens (tertiary/aromatic N) is 1. The highest BCUT2D eigenvalue weighted by Crippen LogP contribution is 2.17. The molecule has 0 saturated carbocycles. The molecule has 0 radical (unpaired) electrons. The molecule has 0 heterocycles. The lowest BCUT2D eigenvalue weighted by atomic mass is 10.0. The Hall–Kier alpha value is -2.04. The lowest BCUT2D eigenvalue weighted by Crippen LogP contribution is -2.55. The van der Waals surface area contributed by atoms with Gasteiger partial charge in [-0.2, -0.15) is 0 Å². The maximum atomic E-state index is 12.7. The zero-order valence-electron chi connectivity index (χ0n) is 16.5. The van der Waals surface area contributed by atoms with Gasteiger partial charge in [-0.15, -0.1) is 0 Å². The van der Waals surface area contributed by atoms with Gasteiger partial charge in [-0.3, -0.25) is 15.0 Å². The molecule has 0 aliphatic rings. The number of benzene rings is 2. The quantitative estimate of drug-likeness (QED) is 0.482. The molecule has 0 aliphatic heterocycles. The van der Waals surface area contributed by atoms with Gasteiger partial charge in [0, 0.05) is 22.0 Å². The number of amides is 2. The number of hydrogen-bond donors (Lipinski definition) is 1. The molecule has 28 heavy (non-hydrogen) atoms. The summed E-state index contributed by atoms with van der Waals surface area (Å²) in [6, 6.07) is 14.3. The first-order valence-electron chi connectivity index (χ1n) is 9.31. The number of halogens is 2. The molecule has 0 aliphatic carbocycles. The van der Waals surface area contributed by atoms with Crippen LogP contribution in [0.4, 0.5) is 0 Å². The maximum Gasteiger partial charge on any atom is 0.269 e. The van der Waals surface area contributed by atoms with Crippen molar-refractivity contribution >= 4 is 35.0 Å². The van der Waals surface area contributed by atoms with E-state index in [2.05, 4.69) is 5.43 Å². The Morgan fingerprint density at radius 2 is 1.43 bits per heavy atom. The normalized spacial score (nSPS) is 11.2. The summed E-state index contributed by atoms with van der Waals surface area (Å²) in [6.07, 6.45) is 2.88. The highest BCUT2D eigenvalue weighted by atomic mass is 35.5. The van der Waals surface area contributed by atoms with Crippen LogP contribution in [0.25, 0.3) is 0 Å². The monoisotopic (exact) mass is 420 g/mol. The van der Waals surface area contributed by atoms with Crippen molar-refractivity contribution in [2.24, 2.45) is 0 Å². The summed E-state index contributed by atoms with van der Waals surface area (Å²) >= 11 is 11.8. The number of hydrazine groups is 1. The molecule has 2 amide bonds. The van der Waals surface area contributed by atoms with E-state index < -0.39 is 5.54 Å². The molecule has 150 valence electrons. The van der Waals surface area contributed by atoms with Crippen LogP contribution in [0.1, 0.15) is 56.0 Å². The van der Waals surface area contributed by atoms with E-state index in [-0.39, 0.29) is 11.8 Å². The summed E-state index contributed by atoms with van der Waals surface area (Å²) < 4.78 is 0. The predicted octanol–water partition coefficient (Wildman–Crippen LogP) is 5.68. The highest BCUT2D eigenvalue weighted by Gasteiger charge is 2.28. The number of unbranched alkanes of at least 4 members (excludes halogenated alkanes) is 1. The Bertz CT molecular complexity index is 797. The van der Waals surface area contributed by atoms with E-state index in [1.807, 2.05) is 45.0 Å². The lowest BCUT2D eigenvalue weighted by molar-refractivity contribution is -0.139. The van der Waals surface area contributed by atoms with E-state index >= 15 is 0 Å². The fraction of sp³-hybridized carbons (Fsp3) is 0.364. The number of nitrogens with one attached hydrogen (secondary N) is 1. The second-order valence-electron chi connectivity index (χ2n) is 7.68. The summed E-state index contributed by atoms with van der Waals surface area (Å²) in [6.45, 7) is 5.67. The minimum atomic E-state index is -0.532. The molecule has 6 heteroatoms. The number of aryl methyl sites for hydroxylation is 1. The Kier molecular flexibility index (Phi) is 7.90. The Labute approximate surface area is 176 Å². The molecule has 0 aromatic heterocycles. The van der Waals surface area contributed by atoms with Gasteiger partial charge in [0.15, 0.2) is 0 Å². The molecule has 2 aromatic rings. The van der Waals surface area contributed by atoms with Crippen LogP contribution in [0, 0.1) is 0 Å². The van der Waals surface area contributed by atoms with Crippen LogP contribution in [0.3, 0.4) is 0 Å². The van der Waals surface area contributed by atoms with E-state index in [1.165, 1.54) is 10.6 Å². The molecule has 0 fully saturated rings. The number of hydrogen-bond acceptors (Lipinski definition) is 2. The van der Waals surface area contributed by atoms with E-state index in [0.29, 0.717) is 17.0 Å². The second-order valence-corrected chi connectivity index (χ2v) is 8.55. The van der Waals surface area contributed by atoms with Crippen molar-refractivity contribution in [3.8, 4) is 0 Å². The summed E-state index contributed by atoms with van der Waals surface area (Å²) in [5.74, 6) is -0.438. The molecular weight excluding hydrogens is 395 g/mol. The van der Waals surface area contributed by atoms with Crippen molar-refractivity contribution in [2.75, 3.05) is 0 Å². The van der Waals surface area contributed by atoms with E-state index in [0.717, 1.165) is 24.3 Å². The minimum Gasteiger partial charge on any atom is -0.273 e. The van der Waals surface area contributed by atoms with Gasteiger partial charge in [-0.25, -0.2) is 5.01 Å². The van der Waals surface area contributed by atoms with Gasteiger partial charge in [0.1, 0.15) is 0 Å². The van der Waals surface area contributed by atoms with Crippen LogP contribution in [0.5, 0.6) is 0 Å². The summed E-state index contributed by atoms with van der Waals surface area (Å²) in [7, 11) is 0. The Morgan fingerprint density at radius 3 is 1.96 bits per heavy atom. The third-order valence-electron chi connectivity index (χ3n) is 4.26. The lowest BCUT2D eigenvalue weighted by Gasteiger charge is -2.35. The molecular formula is C22H26Cl2N2O2. The van der Waals surface area contributed by atoms with Gasteiger partial charge in [-0.1, -0.05) is 35.3 Å². The van der Waals surface area contributed by atoms with Gasteiger partial charge in [0.2, 0.25) is 5.91 Å². The van der Waals surface area contributed by atoms with Crippen LogP contribution < -0.4 is 5.43 Å². The largest absolute Gasteiger partial charge is 0.273 e. The van der Waals surface area contributed by atoms with Gasteiger partial charge in [0.25, 0.3) is 5.91 Å². The van der Waals surface area contributed by atoms with Crippen molar-refractivity contribution in [1.82, 2.24) is 10.4 Å². The topological polar surface area (TPSA) is 49.4 Å². The van der Waals surface area contributed by atoms with Crippen molar-refractivity contribution in [3.05, 3.63) is 69.7 Å². The summed E-state index contributed by atoms with van der Waals surface area (Å²) in [5, 5.41) is 2.70. The zero-order chi connectivity index (χ0) is 20.7. The second kappa shape index (κ2) is 9.94. The Balaban J connectivity index is 1.90. The standard InChI is InChI=1S/C22H26Cl2N2O2/c1-22(2,3)26(25-21(28)17-10-14-19(24)15-11-17)20(27)7-5-4-6-16-8-12-18(23)13-9-16/h8-15H,4-7H2,1-3H3,(H,25,28). The summed E-state index contributed by atoms with van der Waals surface area (Å²) in [4.78, 5) is 25.2. The first-order chi connectivity index (χ1) is 13.2. The third-order valence-corrected chi connectivity index (χ3v) is 4.76. The predicted molar refractivity (Wildman–Crippen MR) is 115 cm³/mol. The molecule has 0 bridgehead atoms. The van der Waals surface area contributed by atoms with E-state index in [9.17, 15) is 9.59 Å². The molecule has 2 rings (SSSR count). The molecule has 1 N–H and O–H groups in total. The molecule has 4 nitrogen and oxygen atoms in total. The minimum absolute atomic E-state index is 0.106. The average Bonchev–Trinajstić information content (AvgIpc) is 2.64.